The summed E-state index contributed by atoms with van der Waals surface area (Å²) in [5.41, 5.74) is 1.86. The summed E-state index contributed by atoms with van der Waals surface area (Å²) in [5.74, 6) is 1.23. The highest BCUT2D eigenvalue weighted by Crippen LogP contribution is 2.26. The van der Waals surface area contributed by atoms with Crippen molar-refractivity contribution < 1.29 is 14.0 Å². The first-order valence-electron chi connectivity index (χ1n) is 10.3. The van der Waals surface area contributed by atoms with Gasteiger partial charge >= 0.3 is 0 Å². The summed E-state index contributed by atoms with van der Waals surface area (Å²) in [5, 5.41) is 14.9. The number of para-hydroxylation sites is 1. The van der Waals surface area contributed by atoms with Gasteiger partial charge in [0, 0.05) is 13.1 Å². The van der Waals surface area contributed by atoms with E-state index in [-0.39, 0.29) is 23.6 Å². The van der Waals surface area contributed by atoms with Crippen molar-refractivity contribution in [1.29, 1.82) is 0 Å². The molecule has 0 saturated heterocycles. The van der Waals surface area contributed by atoms with Gasteiger partial charge in [-0.3, -0.25) is 9.59 Å². The SMILES string of the molecule is Cc1occc1-c1nnc(SCC(=O)Nc2ccccc2C(=O)NC2CCCC2)n1C. The minimum atomic E-state index is -0.213. The monoisotopic (exact) mass is 439 g/mol. The average Bonchev–Trinajstić information content (AvgIpc) is 3.49. The summed E-state index contributed by atoms with van der Waals surface area (Å²) >= 11 is 1.28. The molecule has 8 nitrogen and oxygen atoms in total. The van der Waals surface area contributed by atoms with Crippen LogP contribution in [0.4, 0.5) is 5.69 Å². The Bertz CT molecular complexity index is 1080. The number of amides is 2. The molecule has 9 heteroatoms. The highest BCUT2D eigenvalue weighted by Gasteiger charge is 2.20. The molecular weight excluding hydrogens is 414 g/mol. The highest BCUT2D eigenvalue weighted by molar-refractivity contribution is 7.99. The number of hydrogen-bond acceptors (Lipinski definition) is 6. The third-order valence-electron chi connectivity index (χ3n) is 5.40. The van der Waals surface area contributed by atoms with E-state index in [1.165, 1.54) is 11.8 Å². The number of benzene rings is 1. The maximum atomic E-state index is 12.7. The quantitative estimate of drug-likeness (QED) is 0.543. The molecule has 3 aromatic rings. The fourth-order valence-corrected chi connectivity index (χ4v) is 4.44. The van der Waals surface area contributed by atoms with Crippen LogP contribution in [0.3, 0.4) is 0 Å². The normalized spacial score (nSPS) is 14.0. The molecule has 2 aromatic heterocycles. The summed E-state index contributed by atoms with van der Waals surface area (Å²) in [6.45, 7) is 1.87. The molecule has 31 heavy (non-hydrogen) atoms. The predicted octanol–water partition coefficient (Wildman–Crippen LogP) is 3.79. The van der Waals surface area contributed by atoms with Crippen molar-refractivity contribution in [2.45, 2.75) is 43.8 Å². The molecule has 0 bridgehead atoms. The number of nitrogens with one attached hydrogen (secondary N) is 2. The number of rotatable bonds is 7. The largest absolute Gasteiger partial charge is 0.469 e. The number of aryl methyl sites for hydroxylation is 1. The van der Waals surface area contributed by atoms with E-state index in [0.717, 1.165) is 37.0 Å². The molecule has 0 radical (unpaired) electrons. The lowest BCUT2D eigenvalue weighted by molar-refractivity contribution is -0.113. The van der Waals surface area contributed by atoms with E-state index in [2.05, 4.69) is 20.8 Å². The lowest BCUT2D eigenvalue weighted by Gasteiger charge is -2.15. The van der Waals surface area contributed by atoms with Gasteiger partial charge in [0.15, 0.2) is 11.0 Å². The molecule has 2 amide bonds. The van der Waals surface area contributed by atoms with E-state index in [1.54, 1.807) is 30.5 Å². The zero-order valence-corrected chi connectivity index (χ0v) is 18.4. The maximum absolute atomic E-state index is 12.7. The van der Waals surface area contributed by atoms with E-state index in [4.69, 9.17) is 4.42 Å². The van der Waals surface area contributed by atoms with Crippen molar-refractivity contribution in [1.82, 2.24) is 20.1 Å². The van der Waals surface area contributed by atoms with E-state index in [0.29, 0.717) is 22.2 Å². The van der Waals surface area contributed by atoms with Crippen molar-refractivity contribution in [3.8, 4) is 11.4 Å². The van der Waals surface area contributed by atoms with Crippen molar-refractivity contribution in [2.75, 3.05) is 11.1 Å². The van der Waals surface area contributed by atoms with Crippen LogP contribution in [0.2, 0.25) is 0 Å². The number of hydrogen-bond donors (Lipinski definition) is 2. The molecule has 2 N–H and O–H groups in total. The Morgan fingerprint density at radius 1 is 1.19 bits per heavy atom. The molecule has 4 rings (SSSR count). The number of thioether (sulfide) groups is 1. The van der Waals surface area contributed by atoms with Gasteiger partial charge in [-0.1, -0.05) is 36.7 Å². The van der Waals surface area contributed by atoms with Gasteiger partial charge in [0.1, 0.15) is 5.76 Å². The molecule has 1 saturated carbocycles. The smallest absolute Gasteiger partial charge is 0.253 e. The van der Waals surface area contributed by atoms with Crippen molar-refractivity contribution >= 4 is 29.3 Å². The Hall–Kier alpha value is -3.07. The number of carbonyl (C=O) groups excluding carboxylic acids is 2. The van der Waals surface area contributed by atoms with E-state index < -0.39 is 0 Å². The van der Waals surface area contributed by atoms with Crippen LogP contribution in [0.5, 0.6) is 0 Å². The van der Waals surface area contributed by atoms with E-state index in [1.807, 2.05) is 24.6 Å². The van der Waals surface area contributed by atoms with Gasteiger partial charge in [0.25, 0.3) is 5.91 Å². The van der Waals surface area contributed by atoms with Gasteiger partial charge in [0.2, 0.25) is 5.91 Å². The lowest BCUT2D eigenvalue weighted by Crippen LogP contribution is -2.33. The Kier molecular flexibility index (Phi) is 6.41. The number of anilines is 1. The van der Waals surface area contributed by atoms with Gasteiger partial charge < -0.3 is 19.6 Å². The standard InChI is InChI=1S/C22H25N5O3S/c1-14-16(11-12-30-14)20-25-26-22(27(20)2)31-13-19(28)24-18-10-6-5-9-17(18)21(29)23-15-7-3-4-8-15/h5-6,9-12,15H,3-4,7-8,13H2,1-2H3,(H,23,29)(H,24,28). The van der Waals surface area contributed by atoms with Gasteiger partial charge in [-0.05, 0) is 38.0 Å². The van der Waals surface area contributed by atoms with Crippen molar-refractivity contribution in [3.63, 3.8) is 0 Å². The Balaban J connectivity index is 1.38. The summed E-state index contributed by atoms with van der Waals surface area (Å²) in [6.07, 6.45) is 5.92. The third kappa shape index (κ3) is 4.82. The molecule has 1 fully saturated rings. The zero-order chi connectivity index (χ0) is 21.8. The Morgan fingerprint density at radius 2 is 1.97 bits per heavy atom. The van der Waals surface area contributed by atoms with Gasteiger partial charge in [0.05, 0.1) is 28.8 Å². The molecule has 162 valence electrons. The Morgan fingerprint density at radius 3 is 2.71 bits per heavy atom. The van der Waals surface area contributed by atoms with E-state index >= 15 is 0 Å². The minimum Gasteiger partial charge on any atom is -0.469 e. The van der Waals surface area contributed by atoms with Crippen LogP contribution in [0.1, 0.15) is 41.8 Å². The maximum Gasteiger partial charge on any atom is 0.253 e. The van der Waals surface area contributed by atoms with Crippen LogP contribution >= 0.6 is 11.8 Å². The van der Waals surface area contributed by atoms with Crippen LogP contribution in [0.25, 0.3) is 11.4 Å². The van der Waals surface area contributed by atoms with Crippen LogP contribution in [-0.4, -0.2) is 38.4 Å². The molecule has 0 unspecified atom stereocenters. The minimum absolute atomic E-state index is 0.148. The Labute approximate surface area is 184 Å². The molecule has 0 aliphatic heterocycles. The molecule has 0 spiro atoms. The van der Waals surface area contributed by atoms with Crippen LogP contribution in [0.15, 0.2) is 46.2 Å². The second-order valence-corrected chi connectivity index (χ2v) is 8.54. The van der Waals surface area contributed by atoms with Crippen molar-refractivity contribution in [3.05, 3.63) is 47.9 Å². The van der Waals surface area contributed by atoms with Crippen LogP contribution < -0.4 is 10.6 Å². The second-order valence-electron chi connectivity index (χ2n) is 7.59. The van der Waals surface area contributed by atoms with Crippen LogP contribution in [0, 0.1) is 6.92 Å². The molecule has 2 heterocycles. The van der Waals surface area contributed by atoms with Crippen molar-refractivity contribution in [2.24, 2.45) is 7.05 Å². The molecule has 1 aliphatic carbocycles. The molecule has 1 aliphatic rings. The predicted molar refractivity (Wildman–Crippen MR) is 119 cm³/mol. The summed E-state index contributed by atoms with van der Waals surface area (Å²) in [4.78, 5) is 25.2. The molecular formula is C22H25N5O3S. The first-order valence-corrected chi connectivity index (χ1v) is 11.3. The van der Waals surface area contributed by atoms with Gasteiger partial charge in [-0.25, -0.2) is 0 Å². The number of nitrogens with zero attached hydrogens (tertiary/aromatic N) is 3. The summed E-state index contributed by atoms with van der Waals surface area (Å²) in [7, 11) is 1.85. The average molecular weight is 440 g/mol. The highest BCUT2D eigenvalue weighted by atomic mass is 32.2. The van der Waals surface area contributed by atoms with Crippen LogP contribution in [-0.2, 0) is 11.8 Å². The lowest BCUT2D eigenvalue weighted by atomic mass is 10.1. The summed E-state index contributed by atoms with van der Waals surface area (Å²) in [6, 6.07) is 9.14. The first-order chi connectivity index (χ1) is 15.0. The first kappa shape index (κ1) is 21.2. The zero-order valence-electron chi connectivity index (χ0n) is 17.6. The number of carbonyl (C=O) groups is 2. The second kappa shape index (κ2) is 9.38. The summed E-state index contributed by atoms with van der Waals surface area (Å²) < 4.78 is 7.17. The van der Waals surface area contributed by atoms with E-state index in [9.17, 15) is 9.59 Å². The number of aromatic nitrogens is 3. The fraction of sp³-hybridized carbons (Fsp3) is 0.364. The van der Waals surface area contributed by atoms with Gasteiger partial charge in [-0.2, -0.15) is 0 Å². The topological polar surface area (TPSA) is 102 Å². The molecule has 1 aromatic carbocycles. The third-order valence-corrected chi connectivity index (χ3v) is 6.42. The van der Waals surface area contributed by atoms with Gasteiger partial charge in [-0.15, -0.1) is 10.2 Å². The fourth-order valence-electron chi connectivity index (χ4n) is 3.73. The molecule has 0 atom stereocenters. The number of furan rings is 1.